The van der Waals surface area contributed by atoms with Crippen LogP contribution in [0.25, 0.3) is 72.7 Å². The highest BCUT2D eigenvalue weighted by Gasteiger charge is 2.16. The van der Waals surface area contributed by atoms with Gasteiger partial charge in [0, 0.05) is 30.9 Å². The van der Waals surface area contributed by atoms with Crippen LogP contribution in [0.2, 0.25) is 0 Å². The summed E-state index contributed by atoms with van der Waals surface area (Å²) in [5, 5.41) is 13.5. The number of hydrogen-bond acceptors (Lipinski definition) is 2. The molecule has 0 bridgehead atoms. The van der Waals surface area contributed by atoms with E-state index in [1.807, 2.05) is 22.7 Å². The highest BCUT2D eigenvalue weighted by atomic mass is 32.1. The first-order valence-corrected chi connectivity index (χ1v) is 12.5. The first-order chi connectivity index (χ1) is 15.9. The normalized spacial score (nSPS) is 12.4. The molecule has 8 aromatic rings. The second kappa shape index (κ2) is 6.07. The fraction of sp³-hybridized carbons (Fsp3) is 0. The molecule has 0 aliphatic rings. The van der Waals surface area contributed by atoms with Gasteiger partial charge in [0.25, 0.3) is 0 Å². The Morgan fingerprint density at radius 1 is 0.281 bits per heavy atom. The predicted molar refractivity (Wildman–Crippen MR) is 145 cm³/mol. The van der Waals surface area contributed by atoms with E-state index in [0.717, 1.165) is 0 Å². The molecule has 0 N–H and O–H groups in total. The number of rotatable bonds is 0. The first-order valence-electron chi connectivity index (χ1n) is 10.9. The molecule has 0 aliphatic heterocycles. The minimum Gasteiger partial charge on any atom is -0.133 e. The van der Waals surface area contributed by atoms with Gasteiger partial charge in [-0.1, -0.05) is 97.1 Å². The van der Waals surface area contributed by atoms with Crippen LogP contribution in [0.5, 0.6) is 0 Å². The Balaban J connectivity index is 1.51. The van der Waals surface area contributed by atoms with E-state index in [1.54, 1.807) is 0 Å². The Labute approximate surface area is 191 Å². The van der Waals surface area contributed by atoms with Gasteiger partial charge >= 0.3 is 0 Å². The molecule has 0 spiro atoms. The van der Waals surface area contributed by atoms with Gasteiger partial charge < -0.3 is 0 Å². The number of hydrogen-bond donors (Lipinski definition) is 0. The number of benzene rings is 6. The van der Waals surface area contributed by atoms with Crippen LogP contribution in [0, 0.1) is 0 Å². The summed E-state index contributed by atoms with van der Waals surface area (Å²) in [5.41, 5.74) is 0. The van der Waals surface area contributed by atoms with Crippen LogP contribution in [0.4, 0.5) is 0 Å². The molecule has 32 heavy (non-hydrogen) atoms. The fourth-order valence-electron chi connectivity index (χ4n) is 5.35. The van der Waals surface area contributed by atoms with E-state index in [0.29, 0.717) is 0 Å². The molecular weight excluding hydrogens is 424 g/mol. The molecule has 0 aliphatic carbocycles. The van der Waals surface area contributed by atoms with Crippen molar-refractivity contribution >= 4 is 95.3 Å². The Kier molecular flexibility index (Phi) is 3.25. The summed E-state index contributed by atoms with van der Waals surface area (Å²) in [6.45, 7) is 0. The topological polar surface area (TPSA) is 0 Å². The summed E-state index contributed by atoms with van der Waals surface area (Å²) in [7, 11) is 0. The van der Waals surface area contributed by atoms with Crippen molar-refractivity contribution in [1.82, 2.24) is 0 Å². The molecule has 0 atom stereocenters. The molecule has 148 valence electrons. The molecule has 0 fully saturated rings. The van der Waals surface area contributed by atoms with Gasteiger partial charge in [0.15, 0.2) is 0 Å². The van der Waals surface area contributed by atoms with Crippen molar-refractivity contribution in [2.24, 2.45) is 0 Å². The van der Waals surface area contributed by atoms with Gasteiger partial charge in [-0.25, -0.2) is 0 Å². The Bertz CT molecular complexity index is 1890. The van der Waals surface area contributed by atoms with E-state index < -0.39 is 0 Å². The molecule has 0 saturated heterocycles. The molecule has 0 unspecified atom stereocenters. The van der Waals surface area contributed by atoms with Crippen LogP contribution in [-0.2, 0) is 0 Å². The molecule has 0 amide bonds. The third-order valence-electron chi connectivity index (χ3n) is 6.86. The van der Waals surface area contributed by atoms with E-state index in [-0.39, 0.29) is 0 Å². The van der Waals surface area contributed by atoms with Gasteiger partial charge in [-0.2, -0.15) is 0 Å². The first kappa shape index (κ1) is 17.1. The van der Waals surface area contributed by atoms with Gasteiger partial charge in [0.05, 0.1) is 9.40 Å². The molecule has 8 rings (SSSR count). The molecule has 0 saturated carbocycles. The SMILES string of the molecule is c1ccc2c(c1)ccc1c2ccc2c1sc1c3ccc4c5ccccc5ccc4c3sc21. The van der Waals surface area contributed by atoms with Crippen molar-refractivity contribution in [1.29, 1.82) is 0 Å². The van der Waals surface area contributed by atoms with Crippen LogP contribution in [0.1, 0.15) is 0 Å². The third-order valence-corrected chi connectivity index (χ3v) is 9.53. The third kappa shape index (κ3) is 2.11. The van der Waals surface area contributed by atoms with Crippen molar-refractivity contribution in [3.63, 3.8) is 0 Å². The summed E-state index contributed by atoms with van der Waals surface area (Å²) in [6.07, 6.45) is 0. The lowest BCUT2D eigenvalue weighted by atomic mass is 10.0. The second-order valence-electron chi connectivity index (χ2n) is 8.51. The van der Waals surface area contributed by atoms with E-state index in [1.165, 1.54) is 72.7 Å². The predicted octanol–water partition coefficient (Wildman–Crippen LogP) is 9.88. The Morgan fingerprint density at radius 2 is 0.688 bits per heavy atom. The zero-order valence-corrected chi connectivity index (χ0v) is 18.7. The highest BCUT2D eigenvalue weighted by Crippen LogP contribution is 2.49. The van der Waals surface area contributed by atoms with Gasteiger partial charge in [-0.05, 0) is 32.3 Å². The summed E-state index contributed by atoms with van der Waals surface area (Å²) >= 11 is 3.92. The van der Waals surface area contributed by atoms with Crippen molar-refractivity contribution in [3.8, 4) is 0 Å². The van der Waals surface area contributed by atoms with Crippen LogP contribution in [0.15, 0.2) is 97.1 Å². The standard InChI is InChI=1S/C30H16S2/c1-3-7-19-17(5-1)9-11-23-21(19)13-15-25-27(23)31-30-26-16-14-22-20-8-4-2-6-18(20)10-12-24(22)28(26)32-29(25)30/h1-16H. The molecule has 6 aromatic carbocycles. The van der Waals surface area contributed by atoms with E-state index in [4.69, 9.17) is 0 Å². The van der Waals surface area contributed by atoms with Crippen LogP contribution >= 0.6 is 22.7 Å². The molecular formula is C30H16S2. The average Bonchev–Trinajstić information content (AvgIpc) is 3.40. The van der Waals surface area contributed by atoms with Gasteiger partial charge in [-0.15, -0.1) is 22.7 Å². The van der Waals surface area contributed by atoms with Crippen LogP contribution < -0.4 is 0 Å². The van der Waals surface area contributed by atoms with Gasteiger partial charge in [0.1, 0.15) is 0 Å². The van der Waals surface area contributed by atoms with E-state index in [2.05, 4.69) is 97.1 Å². The zero-order valence-electron chi connectivity index (χ0n) is 17.1. The maximum absolute atomic E-state index is 2.34. The maximum atomic E-state index is 2.34. The smallest absolute Gasteiger partial charge is 0.0542 e. The second-order valence-corrected chi connectivity index (χ2v) is 10.6. The van der Waals surface area contributed by atoms with Crippen molar-refractivity contribution in [2.45, 2.75) is 0 Å². The van der Waals surface area contributed by atoms with Crippen molar-refractivity contribution < 1.29 is 0 Å². The monoisotopic (exact) mass is 440 g/mol. The molecule has 2 heterocycles. The maximum Gasteiger partial charge on any atom is 0.0542 e. The van der Waals surface area contributed by atoms with Gasteiger partial charge in [0.2, 0.25) is 0 Å². The number of thiophene rings is 2. The van der Waals surface area contributed by atoms with Crippen LogP contribution in [-0.4, -0.2) is 0 Å². The minimum atomic E-state index is 1.31. The lowest BCUT2D eigenvalue weighted by Gasteiger charge is -2.05. The zero-order chi connectivity index (χ0) is 20.8. The minimum absolute atomic E-state index is 1.31. The molecule has 2 heteroatoms. The molecule has 0 radical (unpaired) electrons. The van der Waals surface area contributed by atoms with Gasteiger partial charge in [-0.3, -0.25) is 0 Å². The summed E-state index contributed by atoms with van der Waals surface area (Å²) < 4.78 is 5.68. The molecule has 2 aromatic heterocycles. The largest absolute Gasteiger partial charge is 0.133 e. The summed E-state index contributed by atoms with van der Waals surface area (Å²) in [6, 6.07) is 35.9. The van der Waals surface area contributed by atoms with Crippen LogP contribution in [0.3, 0.4) is 0 Å². The highest BCUT2D eigenvalue weighted by molar-refractivity contribution is 7.37. The van der Waals surface area contributed by atoms with Crippen molar-refractivity contribution in [3.05, 3.63) is 97.1 Å². The summed E-state index contributed by atoms with van der Waals surface area (Å²) in [4.78, 5) is 0. The molecule has 0 nitrogen and oxygen atoms in total. The quantitative estimate of drug-likeness (QED) is 0.206. The van der Waals surface area contributed by atoms with E-state index in [9.17, 15) is 0 Å². The Morgan fingerprint density at radius 3 is 1.19 bits per heavy atom. The summed E-state index contributed by atoms with van der Waals surface area (Å²) in [5.74, 6) is 0. The van der Waals surface area contributed by atoms with Crippen molar-refractivity contribution in [2.75, 3.05) is 0 Å². The Hall–Kier alpha value is -3.46. The average molecular weight is 441 g/mol. The lowest BCUT2D eigenvalue weighted by molar-refractivity contribution is 1.80. The fourth-order valence-corrected chi connectivity index (χ4v) is 8.24. The van der Waals surface area contributed by atoms with E-state index >= 15 is 0 Å². The number of fused-ring (bicyclic) bond motifs is 13. The lowest BCUT2D eigenvalue weighted by Crippen LogP contribution is -1.78.